The first-order valence-corrected chi connectivity index (χ1v) is 7.23. The van der Waals surface area contributed by atoms with Crippen LogP contribution in [0.4, 0.5) is 13.2 Å². The van der Waals surface area contributed by atoms with Gasteiger partial charge in [0, 0.05) is 4.47 Å². The zero-order chi connectivity index (χ0) is 14.0. The highest BCUT2D eigenvalue weighted by atomic mass is 79.9. The van der Waals surface area contributed by atoms with Crippen molar-refractivity contribution in [2.24, 2.45) is 0 Å². The van der Waals surface area contributed by atoms with Crippen molar-refractivity contribution in [2.75, 3.05) is 7.05 Å². The van der Waals surface area contributed by atoms with E-state index in [0.717, 1.165) is 5.56 Å². The SMILES string of the molecule is CNC(c1ccsc1)c1ccc(Br)c(C(F)(F)F)c1. The van der Waals surface area contributed by atoms with Gasteiger partial charge in [-0.1, -0.05) is 22.0 Å². The summed E-state index contributed by atoms with van der Waals surface area (Å²) >= 11 is 4.47. The summed E-state index contributed by atoms with van der Waals surface area (Å²) in [6, 6.07) is 5.98. The minimum Gasteiger partial charge on any atom is -0.309 e. The van der Waals surface area contributed by atoms with Crippen LogP contribution in [0.2, 0.25) is 0 Å². The lowest BCUT2D eigenvalue weighted by Gasteiger charge is -2.18. The van der Waals surface area contributed by atoms with Crippen molar-refractivity contribution in [1.29, 1.82) is 0 Å². The molecule has 0 fully saturated rings. The Balaban J connectivity index is 2.45. The monoisotopic (exact) mass is 349 g/mol. The molecule has 1 N–H and O–H groups in total. The number of halogens is 4. The first kappa shape index (κ1) is 14.6. The Labute approximate surface area is 121 Å². The second kappa shape index (κ2) is 5.64. The molecule has 19 heavy (non-hydrogen) atoms. The van der Waals surface area contributed by atoms with Gasteiger partial charge in [0.1, 0.15) is 0 Å². The molecule has 2 aromatic rings. The van der Waals surface area contributed by atoms with E-state index < -0.39 is 11.7 Å². The summed E-state index contributed by atoms with van der Waals surface area (Å²) in [5.74, 6) is 0. The molecule has 1 aromatic carbocycles. The van der Waals surface area contributed by atoms with Crippen molar-refractivity contribution in [3.8, 4) is 0 Å². The van der Waals surface area contributed by atoms with Crippen LogP contribution >= 0.6 is 27.3 Å². The Morgan fingerprint density at radius 2 is 1.95 bits per heavy atom. The van der Waals surface area contributed by atoms with Crippen LogP contribution in [0.15, 0.2) is 39.5 Å². The average Bonchev–Trinajstić information content (AvgIpc) is 2.84. The van der Waals surface area contributed by atoms with E-state index in [-0.39, 0.29) is 10.5 Å². The third kappa shape index (κ3) is 3.19. The van der Waals surface area contributed by atoms with Crippen LogP contribution in [0.1, 0.15) is 22.7 Å². The molecular weight excluding hydrogens is 339 g/mol. The van der Waals surface area contributed by atoms with E-state index in [4.69, 9.17) is 0 Å². The van der Waals surface area contributed by atoms with Gasteiger partial charge in [0.05, 0.1) is 11.6 Å². The summed E-state index contributed by atoms with van der Waals surface area (Å²) in [5.41, 5.74) is 0.903. The molecule has 0 saturated carbocycles. The molecule has 1 heterocycles. The van der Waals surface area contributed by atoms with Gasteiger partial charge in [-0.25, -0.2) is 0 Å². The predicted molar refractivity (Wildman–Crippen MR) is 74.4 cm³/mol. The molecule has 0 aliphatic heterocycles. The predicted octanol–water partition coefficient (Wildman–Crippen LogP) is 4.84. The summed E-state index contributed by atoms with van der Waals surface area (Å²) < 4.78 is 38.7. The lowest BCUT2D eigenvalue weighted by Crippen LogP contribution is -2.18. The average molecular weight is 350 g/mol. The second-order valence-electron chi connectivity index (χ2n) is 4.02. The molecule has 102 valence electrons. The van der Waals surface area contributed by atoms with Crippen LogP contribution in [0, 0.1) is 0 Å². The van der Waals surface area contributed by atoms with Crippen molar-refractivity contribution in [3.05, 3.63) is 56.2 Å². The summed E-state index contributed by atoms with van der Waals surface area (Å²) in [7, 11) is 1.73. The van der Waals surface area contributed by atoms with E-state index in [1.807, 2.05) is 16.8 Å². The highest BCUT2D eigenvalue weighted by Crippen LogP contribution is 2.37. The molecule has 1 unspecified atom stereocenters. The molecule has 0 bridgehead atoms. The molecule has 0 aliphatic carbocycles. The number of hydrogen-bond acceptors (Lipinski definition) is 2. The van der Waals surface area contributed by atoms with Crippen molar-refractivity contribution < 1.29 is 13.2 Å². The largest absolute Gasteiger partial charge is 0.417 e. The summed E-state index contributed by atoms with van der Waals surface area (Å²) in [6.07, 6.45) is -4.36. The number of benzene rings is 1. The molecule has 0 spiro atoms. The molecule has 1 nitrogen and oxygen atoms in total. The number of rotatable bonds is 3. The van der Waals surface area contributed by atoms with Crippen molar-refractivity contribution in [3.63, 3.8) is 0 Å². The molecule has 6 heteroatoms. The molecule has 0 radical (unpaired) electrons. The number of nitrogens with one attached hydrogen (secondary N) is 1. The summed E-state index contributed by atoms with van der Waals surface area (Å²) in [5, 5.41) is 6.88. The van der Waals surface area contributed by atoms with Gasteiger partial charge in [-0.3, -0.25) is 0 Å². The highest BCUT2D eigenvalue weighted by molar-refractivity contribution is 9.10. The Morgan fingerprint density at radius 1 is 1.21 bits per heavy atom. The van der Waals surface area contributed by atoms with Crippen LogP contribution in [0.5, 0.6) is 0 Å². The van der Waals surface area contributed by atoms with Crippen molar-refractivity contribution in [2.45, 2.75) is 12.2 Å². The van der Waals surface area contributed by atoms with Crippen molar-refractivity contribution >= 4 is 27.3 Å². The van der Waals surface area contributed by atoms with Crippen molar-refractivity contribution in [1.82, 2.24) is 5.32 Å². The van der Waals surface area contributed by atoms with Gasteiger partial charge < -0.3 is 5.32 Å². The molecule has 1 atom stereocenters. The fourth-order valence-corrected chi connectivity index (χ4v) is 3.06. The fraction of sp³-hybridized carbons (Fsp3) is 0.231. The van der Waals surface area contributed by atoms with Crippen LogP contribution < -0.4 is 5.32 Å². The molecule has 0 aliphatic rings. The minimum atomic E-state index is -4.36. The third-order valence-electron chi connectivity index (χ3n) is 2.79. The zero-order valence-electron chi connectivity index (χ0n) is 9.96. The number of alkyl halides is 3. The molecule has 0 amide bonds. The van der Waals surface area contributed by atoms with E-state index in [9.17, 15) is 13.2 Å². The second-order valence-corrected chi connectivity index (χ2v) is 5.65. The Bertz CT molecular complexity index is 552. The maximum atomic E-state index is 12.9. The third-order valence-corrected chi connectivity index (χ3v) is 4.19. The Hall–Kier alpha value is -0.850. The minimum absolute atomic E-state index is 0.0592. The van der Waals surface area contributed by atoms with Gasteiger partial charge in [0.15, 0.2) is 0 Å². The van der Waals surface area contributed by atoms with E-state index in [2.05, 4.69) is 21.2 Å². The quantitative estimate of drug-likeness (QED) is 0.835. The van der Waals surface area contributed by atoms with E-state index in [1.54, 1.807) is 13.1 Å². The van der Waals surface area contributed by atoms with Gasteiger partial charge in [0.2, 0.25) is 0 Å². The molecule has 1 aromatic heterocycles. The number of hydrogen-bond donors (Lipinski definition) is 1. The lowest BCUT2D eigenvalue weighted by atomic mass is 9.99. The standard InChI is InChI=1S/C13H11BrF3NS/c1-18-12(9-4-5-19-7-9)8-2-3-11(14)10(6-8)13(15,16)17/h2-7,12,18H,1H3. The van der Waals surface area contributed by atoms with E-state index >= 15 is 0 Å². The smallest absolute Gasteiger partial charge is 0.309 e. The topological polar surface area (TPSA) is 12.0 Å². The molecular formula is C13H11BrF3NS. The van der Waals surface area contributed by atoms with Crippen LogP contribution in [0.3, 0.4) is 0 Å². The summed E-state index contributed by atoms with van der Waals surface area (Å²) in [6.45, 7) is 0. The Kier molecular flexibility index (Phi) is 4.32. The molecule has 2 rings (SSSR count). The maximum absolute atomic E-state index is 12.9. The van der Waals surface area contributed by atoms with Gasteiger partial charge >= 0.3 is 6.18 Å². The normalized spacial score (nSPS) is 13.5. The van der Waals surface area contributed by atoms with Gasteiger partial charge in [-0.2, -0.15) is 24.5 Å². The van der Waals surface area contributed by atoms with Crippen LogP contribution in [0.25, 0.3) is 0 Å². The first-order valence-electron chi connectivity index (χ1n) is 5.49. The lowest BCUT2D eigenvalue weighted by molar-refractivity contribution is -0.138. The maximum Gasteiger partial charge on any atom is 0.417 e. The van der Waals surface area contributed by atoms with Gasteiger partial charge in [-0.15, -0.1) is 0 Å². The fourth-order valence-electron chi connectivity index (χ4n) is 1.90. The summed E-state index contributed by atoms with van der Waals surface area (Å²) in [4.78, 5) is 0. The number of thiophene rings is 1. The van der Waals surface area contributed by atoms with Crippen LogP contribution in [-0.2, 0) is 6.18 Å². The van der Waals surface area contributed by atoms with Crippen LogP contribution in [-0.4, -0.2) is 7.05 Å². The Morgan fingerprint density at radius 3 is 2.47 bits per heavy atom. The molecule has 0 saturated heterocycles. The van der Waals surface area contributed by atoms with Gasteiger partial charge in [-0.05, 0) is 47.1 Å². The van der Waals surface area contributed by atoms with E-state index in [1.165, 1.54) is 23.5 Å². The highest BCUT2D eigenvalue weighted by Gasteiger charge is 2.33. The first-order chi connectivity index (χ1) is 8.93. The van der Waals surface area contributed by atoms with Gasteiger partial charge in [0.25, 0.3) is 0 Å². The zero-order valence-corrected chi connectivity index (χ0v) is 12.4. The van der Waals surface area contributed by atoms with E-state index in [0.29, 0.717) is 5.56 Å².